The molecule has 3 heteroatoms. The Balaban J connectivity index is 1.64. The maximum absolute atomic E-state index is 5.79. The molecule has 1 aliphatic heterocycles. The first kappa shape index (κ1) is 14.4. The van der Waals surface area contributed by atoms with Crippen LogP contribution in [0.1, 0.15) is 18.4 Å². The maximum Gasteiger partial charge on any atom is 0.119 e. The summed E-state index contributed by atoms with van der Waals surface area (Å²) in [6.07, 6.45) is 2.62. The Morgan fingerprint density at radius 2 is 2.11 bits per heavy atom. The van der Waals surface area contributed by atoms with E-state index in [-0.39, 0.29) is 0 Å². The first-order chi connectivity index (χ1) is 9.24. The Kier molecular flexibility index (Phi) is 5.67. The van der Waals surface area contributed by atoms with Crippen LogP contribution < -0.4 is 10.1 Å². The highest BCUT2D eigenvalue weighted by atomic mass is 16.5. The zero-order chi connectivity index (χ0) is 13.5. The van der Waals surface area contributed by atoms with Crippen LogP contribution in [-0.2, 0) is 0 Å². The number of hydrogen-bond donors (Lipinski definition) is 1. The van der Waals surface area contributed by atoms with E-state index in [2.05, 4.69) is 36.3 Å². The lowest BCUT2D eigenvalue weighted by atomic mass is 9.98. The van der Waals surface area contributed by atoms with Crippen molar-refractivity contribution in [2.45, 2.75) is 19.8 Å². The van der Waals surface area contributed by atoms with E-state index in [9.17, 15) is 0 Å². The largest absolute Gasteiger partial charge is 0.492 e. The molecule has 1 aromatic carbocycles. The molecule has 1 saturated heterocycles. The average Bonchev–Trinajstić information content (AvgIpc) is 2.40. The number of hydrogen-bond acceptors (Lipinski definition) is 3. The fraction of sp³-hybridized carbons (Fsp3) is 0.625. The van der Waals surface area contributed by atoms with E-state index in [0.29, 0.717) is 0 Å². The van der Waals surface area contributed by atoms with Crippen LogP contribution in [0.15, 0.2) is 24.3 Å². The van der Waals surface area contributed by atoms with Crippen molar-refractivity contribution in [1.82, 2.24) is 10.2 Å². The highest BCUT2D eigenvalue weighted by Crippen LogP contribution is 2.14. The number of nitrogens with zero attached hydrogens (tertiary/aromatic N) is 1. The first-order valence-electron chi connectivity index (χ1n) is 7.33. The number of rotatable bonds is 6. The Morgan fingerprint density at radius 1 is 1.32 bits per heavy atom. The van der Waals surface area contributed by atoms with Crippen molar-refractivity contribution >= 4 is 0 Å². The molecule has 3 nitrogen and oxygen atoms in total. The van der Waals surface area contributed by atoms with Gasteiger partial charge in [-0.3, -0.25) is 0 Å². The minimum absolute atomic E-state index is 0.769. The summed E-state index contributed by atoms with van der Waals surface area (Å²) in [7, 11) is 2.20. The third kappa shape index (κ3) is 5.21. The van der Waals surface area contributed by atoms with Crippen molar-refractivity contribution in [3.05, 3.63) is 29.8 Å². The molecule has 1 aliphatic rings. The summed E-state index contributed by atoms with van der Waals surface area (Å²) in [6.45, 7) is 7.41. The fourth-order valence-electron chi connectivity index (χ4n) is 2.62. The van der Waals surface area contributed by atoms with Gasteiger partial charge in [0.05, 0.1) is 0 Å². The molecule has 0 spiro atoms. The third-order valence-corrected chi connectivity index (χ3v) is 3.76. The van der Waals surface area contributed by atoms with E-state index in [1.54, 1.807) is 0 Å². The molecule has 19 heavy (non-hydrogen) atoms. The molecule has 1 N–H and O–H groups in total. The summed E-state index contributed by atoms with van der Waals surface area (Å²) in [5.41, 5.74) is 1.25. The number of piperidine rings is 1. The lowest BCUT2D eigenvalue weighted by molar-refractivity contribution is 0.199. The summed E-state index contributed by atoms with van der Waals surface area (Å²) < 4.78 is 5.79. The lowest BCUT2D eigenvalue weighted by Gasteiger charge is -2.27. The second kappa shape index (κ2) is 7.51. The summed E-state index contributed by atoms with van der Waals surface area (Å²) >= 11 is 0. The van der Waals surface area contributed by atoms with Crippen molar-refractivity contribution < 1.29 is 4.74 Å². The smallest absolute Gasteiger partial charge is 0.119 e. The number of aryl methyl sites for hydroxylation is 1. The van der Waals surface area contributed by atoms with E-state index in [1.807, 2.05) is 12.1 Å². The predicted molar refractivity (Wildman–Crippen MR) is 79.8 cm³/mol. The highest BCUT2D eigenvalue weighted by molar-refractivity contribution is 5.27. The third-order valence-electron chi connectivity index (χ3n) is 3.76. The monoisotopic (exact) mass is 262 g/mol. The molecule has 0 saturated carbocycles. The zero-order valence-electron chi connectivity index (χ0n) is 12.2. The Bertz CT molecular complexity index is 375. The average molecular weight is 262 g/mol. The van der Waals surface area contributed by atoms with Crippen molar-refractivity contribution in [2.75, 3.05) is 39.8 Å². The van der Waals surface area contributed by atoms with E-state index < -0.39 is 0 Å². The van der Waals surface area contributed by atoms with Gasteiger partial charge in [0, 0.05) is 13.1 Å². The van der Waals surface area contributed by atoms with Gasteiger partial charge in [-0.25, -0.2) is 0 Å². The van der Waals surface area contributed by atoms with E-state index in [1.165, 1.54) is 38.0 Å². The van der Waals surface area contributed by atoms with E-state index >= 15 is 0 Å². The second-order valence-electron chi connectivity index (χ2n) is 5.62. The van der Waals surface area contributed by atoms with Crippen LogP contribution in [0.25, 0.3) is 0 Å². The molecule has 0 atom stereocenters. The molecule has 1 aromatic rings. The van der Waals surface area contributed by atoms with Crippen molar-refractivity contribution in [1.29, 1.82) is 0 Å². The van der Waals surface area contributed by atoms with Gasteiger partial charge in [0.1, 0.15) is 12.4 Å². The van der Waals surface area contributed by atoms with Gasteiger partial charge < -0.3 is 15.0 Å². The number of nitrogens with one attached hydrogen (secondary N) is 1. The quantitative estimate of drug-likeness (QED) is 0.851. The molecule has 0 unspecified atom stereocenters. The van der Waals surface area contributed by atoms with Gasteiger partial charge in [-0.15, -0.1) is 0 Å². The minimum Gasteiger partial charge on any atom is -0.492 e. The Labute approximate surface area is 116 Å². The van der Waals surface area contributed by atoms with Crippen LogP contribution in [0.4, 0.5) is 0 Å². The molecule has 0 bridgehead atoms. The normalized spacial score (nSPS) is 16.8. The lowest BCUT2D eigenvalue weighted by Crippen LogP contribution is -2.36. The van der Waals surface area contributed by atoms with Crippen molar-refractivity contribution in [3.63, 3.8) is 0 Å². The fourth-order valence-corrected chi connectivity index (χ4v) is 2.62. The molecule has 106 valence electrons. The van der Waals surface area contributed by atoms with Crippen LogP contribution >= 0.6 is 0 Å². The molecule has 0 radical (unpaired) electrons. The van der Waals surface area contributed by atoms with Gasteiger partial charge in [-0.05, 0) is 63.5 Å². The molecule has 0 amide bonds. The Morgan fingerprint density at radius 3 is 2.84 bits per heavy atom. The van der Waals surface area contributed by atoms with E-state index in [4.69, 9.17) is 4.74 Å². The number of likely N-dealkylation sites (N-methyl/N-ethyl adjacent to an activating group) is 1. The van der Waals surface area contributed by atoms with Crippen LogP contribution in [0, 0.1) is 12.8 Å². The van der Waals surface area contributed by atoms with Crippen LogP contribution in [0.2, 0.25) is 0 Å². The van der Waals surface area contributed by atoms with Gasteiger partial charge in [0.2, 0.25) is 0 Å². The van der Waals surface area contributed by atoms with Gasteiger partial charge in [0.15, 0.2) is 0 Å². The summed E-state index contributed by atoms with van der Waals surface area (Å²) in [5, 5.41) is 3.41. The van der Waals surface area contributed by atoms with Crippen molar-refractivity contribution in [3.8, 4) is 5.75 Å². The molecule has 1 fully saturated rings. The number of ether oxygens (including phenoxy) is 1. The Hall–Kier alpha value is -1.06. The highest BCUT2D eigenvalue weighted by Gasteiger charge is 2.14. The van der Waals surface area contributed by atoms with Crippen LogP contribution in [0.5, 0.6) is 5.75 Å². The second-order valence-corrected chi connectivity index (χ2v) is 5.62. The molecule has 0 aromatic heterocycles. The van der Waals surface area contributed by atoms with Crippen molar-refractivity contribution in [2.24, 2.45) is 5.92 Å². The maximum atomic E-state index is 5.79. The van der Waals surface area contributed by atoms with Gasteiger partial charge in [0.25, 0.3) is 0 Å². The van der Waals surface area contributed by atoms with Gasteiger partial charge in [-0.1, -0.05) is 12.1 Å². The molecule has 2 rings (SSSR count). The SMILES string of the molecule is Cc1cccc(OCCN(C)CC2CCNCC2)c1. The van der Waals surface area contributed by atoms with Crippen LogP contribution in [-0.4, -0.2) is 44.7 Å². The zero-order valence-corrected chi connectivity index (χ0v) is 12.2. The molecule has 0 aliphatic carbocycles. The molecular weight excluding hydrogens is 236 g/mol. The topological polar surface area (TPSA) is 24.5 Å². The van der Waals surface area contributed by atoms with Gasteiger partial charge in [-0.2, -0.15) is 0 Å². The van der Waals surface area contributed by atoms with Crippen LogP contribution in [0.3, 0.4) is 0 Å². The molecule has 1 heterocycles. The summed E-state index contributed by atoms with van der Waals surface area (Å²) in [6, 6.07) is 8.26. The first-order valence-corrected chi connectivity index (χ1v) is 7.33. The van der Waals surface area contributed by atoms with E-state index in [0.717, 1.165) is 24.8 Å². The standard InChI is InChI=1S/C16H26N2O/c1-14-4-3-5-16(12-14)19-11-10-18(2)13-15-6-8-17-9-7-15/h3-5,12,15,17H,6-11,13H2,1-2H3. The summed E-state index contributed by atoms with van der Waals surface area (Å²) in [5.74, 6) is 1.83. The predicted octanol–water partition coefficient (Wildman–Crippen LogP) is 2.31. The minimum atomic E-state index is 0.769. The number of benzene rings is 1. The van der Waals surface area contributed by atoms with Gasteiger partial charge >= 0.3 is 0 Å². The summed E-state index contributed by atoms with van der Waals surface area (Å²) in [4.78, 5) is 2.39. The molecular formula is C16H26N2O.